The molecule has 2 aromatic heterocycles. The number of hydrogen-bond donors (Lipinski definition) is 2. The van der Waals surface area contributed by atoms with Crippen LogP contribution in [0, 0.1) is 0 Å². The lowest BCUT2D eigenvalue weighted by molar-refractivity contribution is -0.118. The van der Waals surface area contributed by atoms with Crippen LogP contribution < -0.4 is 15.4 Å². The lowest BCUT2D eigenvalue weighted by Gasteiger charge is -2.13. The van der Waals surface area contributed by atoms with Crippen LogP contribution in [0.15, 0.2) is 72.9 Å². The Bertz CT molecular complexity index is 1320. The van der Waals surface area contributed by atoms with Gasteiger partial charge in [-0.25, -0.2) is 9.97 Å². The molecule has 33 heavy (non-hydrogen) atoms. The number of rotatable bonds is 6. The van der Waals surface area contributed by atoms with Crippen molar-refractivity contribution in [1.29, 1.82) is 0 Å². The maximum absolute atomic E-state index is 12.3. The maximum Gasteiger partial charge on any atom is 0.269 e. The highest BCUT2D eigenvalue weighted by Crippen LogP contribution is 2.29. The van der Waals surface area contributed by atoms with Crippen LogP contribution in [-0.4, -0.2) is 44.7 Å². The summed E-state index contributed by atoms with van der Waals surface area (Å²) >= 11 is 0. The molecule has 0 aliphatic carbocycles. The molecule has 3 heterocycles. The molecule has 0 unspecified atom stereocenters. The van der Waals surface area contributed by atoms with Crippen LogP contribution in [0.5, 0.6) is 5.75 Å². The van der Waals surface area contributed by atoms with Crippen LogP contribution in [0.1, 0.15) is 10.5 Å². The fourth-order valence-corrected chi connectivity index (χ4v) is 3.53. The van der Waals surface area contributed by atoms with Gasteiger partial charge >= 0.3 is 0 Å². The highest BCUT2D eigenvalue weighted by atomic mass is 16.5. The van der Waals surface area contributed by atoms with Crippen molar-refractivity contribution in [2.75, 3.05) is 18.5 Å². The molecule has 0 bridgehead atoms. The van der Waals surface area contributed by atoms with Crippen LogP contribution >= 0.6 is 0 Å². The second-order valence-electron chi connectivity index (χ2n) is 7.36. The third-order valence-corrected chi connectivity index (χ3v) is 5.08. The molecule has 2 N–H and O–H groups in total. The first-order chi connectivity index (χ1) is 16.2. The van der Waals surface area contributed by atoms with Crippen molar-refractivity contribution in [1.82, 2.24) is 25.1 Å². The highest BCUT2D eigenvalue weighted by Gasteiger charge is 2.21. The molecule has 0 atom stereocenters. The van der Waals surface area contributed by atoms with E-state index in [1.807, 2.05) is 48.5 Å². The standard InChI is InChI=1S/C24H20N6O3/c31-22(27-16-6-2-1-3-7-16)15-33-21-9-5-4-8-17(21)23-25-11-10-18(28-23)19-14-20-24(32)26-12-13-30(20)29-19/h1-11,14H,12-13,15H2,(H,26,32)(H,27,31). The van der Waals surface area contributed by atoms with Crippen LogP contribution in [0.3, 0.4) is 0 Å². The SMILES string of the molecule is O=C(COc1ccccc1-c1nccc(-c2cc3n(n2)CCNC3=O)n1)Nc1ccccc1. The fraction of sp³-hybridized carbons (Fsp3) is 0.125. The number of hydrogen-bond acceptors (Lipinski definition) is 6. The third kappa shape index (κ3) is 4.42. The van der Waals surface area contributed by atoms with Gasteiger partial charge in [0.05, 0.1) is 17.8 Å². The predicted octanol–water partition coefficient (Wildman–Crippen LogP) is 2.77. The molecular formula is C24H20N6O3. The van der Waals surface area contributed by atoms with E-state index in [0.717, 1.165) is 0 Å². The Morgan fingerprint density at radius 3 is 2.73 bits per heavy atom. The van der Waals surface area contributed by atoms with Gasteiger partial charge in [0.15, 0.2) is 12.4 Å². The Morgan fingerprint density at radius 2 is 1.88 bits per heavy atom. The van der Waals surface area contributed by atoms with E-state index in [1.165, 1.54) is 0 Å². The summed E-state index contributed by atoms with van der Waals surface area (Å²) < 4.78 is 7.47. The minimum atomic E-state index is -0.271. The monoisotopic (exact) mass is 440 g/mol. The summed E-state index contributed by atoms with van der Waals surface area (Å²) in [6.07, 6.45) is 1.63. The Kier molecular flexibility index (Phi) is 5.50. The normalized spacial score (nSPS) is 12.5. The van der Waals surface area contributed by atoms with E-state index in [2.05, 4.69) is 25.7 Å². The van der Waals surface area contributed by atoms with Gasteiger partial charge in [-0.3, -0.25) is 14.3 Å². The van der Waals surface area contributed by atoms with Crippen molar-refractivity contribution >= 4 is 17.5 Å². The summed E-state index contributed by atoms with van der Waals surface area (Å²) in [4.78, 5) is 33.4. The van der Waals surface area contributed by atoms with Crippen LogP contribution in [0.25, 0.3) is 22.8 Å². The van der Waals surface area contributed by atoms with Crippen molar-refractivity contribution in [3.8, 4) is 28.5 Å². The zero-order valence-corrected chi connectivity index (χ0v) is 17.6. The van der Waals surface area contributed by atoms with Gasteiger partial charge in [-0.05, 0) is 36.4 Å². The van der Waals surface area contributed by atoms with E-state index < -0.39 is 0 Å². The Morgan fingerprint density at radius 1 is 1.06 bits per heavy atom. The number of carbonyl (C=O) groups excluding carboxylic acids is 2. The minimum absolute atomic E-state index is 0.151. The van der Waals surface area contributed by atoms with E-state index in [9.17, 15) is 9.59 Å². The molecule has 1 aliphatic rings. The number of anilines is 1. The van der Waals surface area contributed by atoms with E-state index in [1.54, 1.807) is 29.1 Å². The molecular weight excluding hydrogens is 420 g/mol. The van der Waals surface area contributed by atoms with Gasteiger partial charge in [-0.1, -0.05) is 30.3 Å². The molecule has 1 aliphatic heterocycles. The molecule has 0 spiro atoms. The van der Waals surface area contributed by atoms with Gasteiger partial charge in [0.25, 0.3) is 11.8 Å². The summed E-state index contributed by atoms with van der Waals surface area (Å²) in [6.45, 7) is 1.000. The van der Waals surface area contributed by atoms with Gasteiger partial charge in [0, 0.05) is 18.4 Å². The molecule has 2 amide bonds. The molecule has 0 fully saturated rings. The summed E-state index contributed by atoms with van der Waals surface area (Å²) in [5.74, 6) is 0.498. The first kappa shape index (κ1) is 20.4. The van der Waals surface area contributed by atoms with Gasteiger partial charge in [0.2, 0.25) is 0 Å². The Balaban J connectivity index is 1.36. The van der Waals surface area contributed by atoms with Crippen molar-refractivity contribution < 1.29 is 14.3 Å². The number of para-hydroxylation sites is 2. The third-order valence-electron chi connectivity index (χ3n) is 5.08. The number of aromatic nitrogens is 4. The first-order valence-electron chi connectivity index (χ1n) is 10.4. The minimum Gasteiger partial charge on any atom is -0.483 e. The molecule has 5 rings (SSSR count). The van der Waals surface area contributed by atoms with Crippen molar-refractivity contribution in [2.45, 2.75) is 6.54 Å². The molecule has 9 nitrogen and oxygen atoms in total. The number of amides is 2. The highest BCUT2D eigenvalue weighted by molar-refractivity contribution is 5.94. The maximum atomic E-state index is 12.3. The Hall–Kier alpha value is -4.53. The molecule has 2 aromatic carbocycles. The quantitative estimate of drug-likeness (QED) is 0.477. The van der Waals surface area contributed by atoms with E-state index in [-0.39, 0.29) is 18.4 Å². The van der Waals surface area contributed by atoms with Gasteiger partial charge in [-0.2, -0.15) is 5.10 Å². The van der Waals surface area contributed by atoms with E-state index in [4.69, 9.17) is 4.74 Å². The van der Waals surface area contributed by atoms with Crippen LogP contribution in [0.2, 0.25) is 0 Å². The molecule has 0 saturated carbocycles. The van der Waals surface area contributed by atoms with Crippen molar-refractivity contribution in [2.24, 2.45) is 0 Å². The molecule has 0 radical (unpaired) electrons. The summed E-state index contributed by atoms with van der Waals surface area (Å²) in [5.41, 5.74) is 3.03. The predicted molar refractivity (Wildman–Crippen MR) is 122 cm³/mol. The van der Waals surface area contributed by atoms with Crippen LogP contribution in [-0.2, 0) is 11.3 Å². The van der Waals surface area contributed by atoms with Crippen molar-refractivity contribution in [3.63, 3.8) is 0 Å². The molecule has 0 saturated heterocycles. The van der Waals surface area contributed by atoms with Gasteiger partial charge in [-0.15, -0.1) is 0 Å². The summed E-state index contributed by atoms with van der Waals surface area (Å²) in [5, 5.41) is 10.1. The lowest BCUT2D eigenvalue weighted by Crippen LogP contribution is -2.35. The summed E-state index contributed by atoms with van der Waals surface area (Å²) in [6, 6.07) is 19.9. The topological polar surface area (TPSA) is 111 Å². The van der Waals surface area contributed by atoms with Gasteiger partial charge in [0.1, 0.15) is 17.1 Å². The zero-order valence-electron chi connectivity index (χ0n) is 17.6. The molecule has 4 aromatic rings. The fourth-order valence-electron chi connectivity index (χ4n) is 3.53. The largest absolute Gasteiger partial charge is 0.483 e. The second kappa shape index (κ2) is 8.91. The van der Waals surface area contributed by atoms with E-state index >= 15 is 0 Å². The lowest BCUT2D eigenvalue weighted by atomic mass is 10.1. The van der Waals surface area contributed by atoms with Crippen LogP contribution in [0.4, 0.5) is 5.69 Å². The van der Waals surface area contributed by atoms with E-state index in [0.29, 0.717) is 53.0 Å². The number of nitrogens with one attached hydrogen (secondary N) is 2. The smallest absolute Gasteiger partial charge is 0.269 e. The average Bonchev–Trinajstić information content (AvgIpc) is 3.30. The number of carbonyl (C=O) groups is 2. The number of ether oxygens (including phenoxy) is 1. The average molecular weight is 440 g/mol. The first-order valence-corrected chi connectivity index (χ1v) is 10.4. The van der Waals surface area contributed by atoms with Gasteiger partial charge < -0.3 is 15.4 Å². The zero-order chi connectivity index (χ0) is 22.6. The molecule has 9 heteroatoms. The second-order valence-corrected chi connectivity index (χ2v) is 7.36. The number of benzene rings is 2. The Labute approximate surface area is 189 Å². The number of nitrogens with zero attached hydrogens (tertiary/aromatic N) is 4. The van der Waals surface area contributed by atoms with Crippen molar-refractivity contribution in [3.05, 3.63) is 78.6 Å². The number of fused-ring (bicyclic) bond motifs is 1. The summed E-state index contributed by atoms with van der Waals surface area (Å²) in [7, 11) is 0. The molecule has 164 valence electrons.